The molecule has 0 aliphatic heterocycles. The number of nitrogens with one attached hydrogen (secondary N) is 1. The quantitative estimate of drug-likeness (QED) is 0.791. The molecule has 0 saturated heterocycles. The van der Waals surface area contributed by atoms with E-state index in [0.29, 0.717) is 17.9 Å². The smallest absolute Gasteiger partial charge is 0.310 e. The van der Waals surface area contributed by atoms with Crippen LogP contribution in [0.25, 0.3) is 0 Å². The zero-order valence-electron chi connectivity index (χ0n) is 11.3. The van der Waals surface area contributed by atoms with Crippen LogP contribution >= 0.6 is 11.8 Å². The number of amides is 1. The van der Waals surface area contributed by atoms with E-state index < -0.39 is 11.9 Å². The minimum Gasteiger partial charge on any atom is -0.481 e. The summed E-state index contributed by atoms with van der Waals surface area (Å²) in [6, 6.07) is 5.97. The summed E-state index contributed by atoms with van der Waals surface area (Å²) in [5.41, 5.74) is 0.959. The first-order valence-corrected chi connectivity index (χ1v) is 7.73. The molecule has 112 valence electrons. The lowest BCUT2D eigenvalue weighted by Crippen LogP contribution is -2.34. The monoisotopic (exact) mass is 309 g/mol. The third-order valence-corrected chi connectivity index (χ3v) is 4.17. The van der Waals surface area contributed by atoms with Gasteiger partial charge in [0.2, 0.25) is 5.91 Å². The SMILES string of the molecule is O=C(CSCc1ccc(F)cc1)NC1C=CC(C(=O)O)C1. The molecule has 6 heteroatoms. The number of hydrogen-bond donors (Lipinski definition) is 2. The van der Waals surface area contributed by atoms with E-state index in [0.717, 1.165) is 5.56 Å². The van der Waals surface area contributed by atoms with Gasteiger partial charge < -0.3 is 10.4 Å². The number of carbonyl (C=O) groups excluding carboxylic acids is 1. The molecular weight excluding hydrogens is 293 g/mol. The molecule has 2 rings (SSSR count). The van der Waals surface area contributed by atoms with E-state index in [4.69, 9.17) is 5.11 Å². The van der Waals surface area contributed by atoms with Crippen molar-refractivity contribution >= 4 is 23.6 Å². The number of thioether (sulfide) groups is 1. The number of aliphatic carboxylic acids is 1. The number of rotatable bonds is 6. The van der Waals surface area contributed by atoms with Crippen molar-refractivity contribution in [3.05, 3.63) is 47.8 Å². The summed E-state index contributed by atoms with van der Waals surface area (Å²) in [6.45, 7) is 0. The third kappa shape index (κ3) is 4.90. The Kier molecular flexibility index (Phi) is 5.38. The van der Waals surface area contributed by atoms with Crippen molar-refractivity contribution in [1.29, 1.82) is 0 Å². The molecule has 0 radical (unpaired) electrons. The third-order valence-electron chi connectivity index (χ3n) is 3.16. The lowest BCUT2D eigenvalue weighted by molar-refractivity contribution is -0.140. The number of carboxylic acid groups (broad SMARTS) is 1. The Labute approximate surface area is 126 Å². The highest BCUT2D eigenvalue weighted by Crippen LogP contribution is 2.18. The highest BCUT2D eigenvalue weighted by atomic mass is 32.2. The van der Waals surface area contributed by atoms with Gasteiger partial charge in [-0.3, -0.25) is 9.59 Å². The predicted molar refractivity (Wildman–Crippen MR) is 79.4 cm³/mol. The van der Waals surface area contributed by atoms with E-state index in [2.05, 4.69) is 5.32 Å². The molecule has 0 bridgehead atoms. The van der Waals surface area contributed by atoms with Crippen LogP contribution in [0.15, 0.2) is 36.4 Å². The van der Waals surface area contributed by atoms with E-state index in [1.54, 1.807) is 24.3 Å². The molecule has 0 heterocycles. The Bertz CT molecular complexity index is 544. The summed E-state index contributed by atoms with van der Waals surface area (Å²) < 4.78 is 12.7. The molecule has 4 nitrogen and oxygen atoms in total. The summed E-state index contributed by atoms with van der Waals surface area (Å²) in [7, 11) is 0. The lowest BCUT2D eigenvalue weighted by Gasteiger charge is -2.12. The summed E-state index contributed by atoms with van der Waals surface area (Å²) in [6.07, 6.45) is 3.74. The van der Waals surface area contributed by atoms with Gasteiger partial charge >= 0.3 is 5.97 Å². The molecule has 1 aromatic rings. The molecule has 1 amide bonds. The number of hydrogen-bond acceptors (Lipinski definition) is 3. The van der Waals surface area contributed by atoms with Crippen LogP contribution in [-0.4, -0.2) is 28.8 Å². The predicted octanol–water partition coefficient (Wildman–Crippen LogP) is 2.20. The van der Waals surface area contributed by atoms with Gasteiger partial charge in [0.1, 0.15) is 5.82 Å². The second-order valence-electron chi connectivity index (χ2n) is 4.86. The minimum atomic E-state index is -0.867. The van der Waals surface area contributed by atoms with Crippen molar-refractivity contribution in [3.8, 4) is 0 Å². The Balaban J connectivity index is 1.67. The van der Waals surface area contributed by atoms with Crippen LogP contribution in [-0.2, 0) is 15.3 Å². The van der Waals surface area contributed by atoms with E-state index in [-0.39, 0.29) is 17.8 Å². The molecule has 2 atom stereocenters. The molecular formula is C15H16FNO3S. The van der Waals surface area contributed by atoms with Gasteiger partial charge in [0.25, 0.3) is 0 Å². The largest absolute Gasteiger partial charge is 0.481 e. The van der Waals surface area contributed by atoms with Crippen molar-refractivity contribution < 1.29 is 19.1 Å². The normalized spacial score (nSPS) is 20.4. The van der Waals surface area contributed by atoms with Crippen molar-refractivity contribution in [2.45, 2.75) is 18.2 Å². The number of benzene rings is 1. The molecule has 1 aromatic carbocycles. The molecule has 0 saturated carbocycles. The van der Waals surface area contributed by atoms with Gasteiger partial charge in [0, 0.05) is 11.8 Å². The van der Waals surface area contributed by atoms with Gasteiger partial charge in [0.05, 0.1) is 11.7 Å². The fourth-order valence-electron chi connectivity index (χ4n) is 2.08. The zero-order chi connectivity index (χ0) is 15.2. The van der Waals surface area contributed by atoms with Gasteiger partial charge in [-0.2, -0.15) is 0 Å². The molecule has 2 N–H and O–H groups in total. The average molecular weight is 309 g/mol. The van der Waals surface area contributed by atoms with Crippen molar-refractivity contribution in [1.82, 2.24) is 5.32 Å². The van der Waals surface area contributed by atoms with Gasteiger partial charge in [0.15, 0.2) is 0 Å². The molecule has 1 aliphatic rings. The molecule has 1 aliphatic carbocycles. The highest BCUT2D eigenvalue weighted by Gasteiger charge is 2.25. The van der Waals surface area contributed by atoms with E-state index in [1.165, 1.54) is 23.9 Å². The number of carboxylic acids is 1. The van der Waals surface area contributed by atoms with Gasteiger partial charge in [-0.25, -0.2) is 4.39 Å². The maximum atomic E-state index is 12.7. The summed E-state index contributed by atoms with van der Waals surface area (Å²) in [5, 5.41) is 11.6. The van der Waals surface area contributed by atoms with Crippen molar-refractivity contribution in [3.63, 3.8) is 0 Å². The molecule has 0 spiro atoms. The van der Waals surface area contributed by atoms with Crippen molar-refractivity contribution in [2.24, 2.45) is 5.92 Å². The van der Waals surface area contributed by atoms with Crippen LogP contribution in [0.4, 0.5) is 4.39 Å². The fourth-order valence-corrected chi connectivity index (χ4v) is 2.88. The van der Waals surface area contributed by atoms with E-state index >= 15 is 0 Å². The van der Waals surface area contributed by atoms with Crippen LogP contribution in [0.2, 0.25) is 0 Å². The first-order chi connectivity index (χ1) is 10.0. The van der Waals surface area contributed by atoms with Crippen molar-refractivity contribution in [2.75, 3.05) is 5.75 Å². The fraction of sp³-hybridized carbons (Fsp3) is 0.333. The van der Waals surface area contributed by atoms with E-state index in [9.17, 15) is 14.0 Å². The summed E-state index contributed by atoms with van der Waals surface area (Å²) >= 11 is 1.44. The Morgan fingerprint density at radius 2 is 2.00 bits per heavy atom. The molecule has 21 heavy (non-hydrogen) atoms. The van der Waals surface area contributed by atoms with Gasteiger partial charge in [-0.1, -0.05) is 24.3 Å². The summed E-state index contributed by atoms with van der Waals surface area (Å²) in [5.74, 6) is -0.855. The number of carbonyl (C=O) groups is 2. The Hall–Kier alpha value is -1.82. The van der Waals surface area contributed by atoms with Crippen LogP contribution in [0, 0.1) is 11.7 Å². The number of halogens is 1. The van der Waals surface area contributed by atoms with Gasteiger partial charge in [-0.05, 0) is 24.1 Å². The topological polar surface area (TPSA) is 66.4 Å². The Morgan fingerprint density at radius 1 is 1.29 bits per heavy atom. The standard InChI is InChI=1S/C15H16FNO3S/c16-12-4-1-10(2-5-12)8-21-9-14(18)17-13-6-3-11(7-13)15(19)20/h1-6,11,13H,7-9H2,(H,17,18)(H,19,20). The maximum absolute atomic E-state index is 12.7. The summed E-state index contributed by atoms with van der Waals surface area (Å²) in [4.78, 5) is 22.5. The molecule has 2 unspecified atom stereocenters. The van der Waals surface area contributed by atoms with Gasteiger partial charge in [-0.15, -0.1) is 11.8 Å². The average Bonchev–Trinajstić information content (AvgIpc) is 2.90. The van der Waals surface area contributed by atoms with Crippen LogP contribution < -0.4 is 5.32 Å². The molecule has 0 aromatic heterocycles. The van der Waals surface area contributed by atoms with Crippen LogP contribution in [0.1, 0.15) is 12.0 Å². The zero-order valence-corrected chi connectivity index (χ0v) is 12.1. The molecule has 0 fully saturated rings. The first kappa shape index (κ1) is 15.6. The highest BCUT2D eigenvalue weighted by molar-refractivity contribution is 7.99. The first-order valence-electron chi connectivity index (χ1n) is 6.57. The maximum Gasteiger partial charge on any atom is 0.310 e. The van der Waals surface area contributed by atoms with Crippen LogP contribution in [0.5, 0.6) is 0 Å². The lowest BCUT2D eigenvalue weighted by atomic mass is 10.1. The Morgan fingerprint density at radius 3 is 2.62 bits per heavy atom. The minimum absolute atomic E-state index is 0.122. The van der Waals surface area contributed by atoms with Crippen LogP contribution in [0.3, 0.4) is 0 Å². The van der Waals surface area contributed by atoms with E-state index in [1.807, 2.05) is 0 Å². The second kappa shape index (κ2) is 7.26. The second-order valence-corrected chi connectivity index (χ2v) is 5.84.